The number of carboxylic acids is 1. The summed E-state index contributed by atoms with van der Waals surface area (Å²) in [5.41, 5.74) is -1.63. The minimum Gasteiger partial charge on any atom is -0.477 e. The molecule has 3 heterocycles. The Bertz CT molecular complexity index is 873. The van der Waals surface area contributed by atoms with Crippen molar-refractivity contribution in [3.8, 4) is 0 Å². The molecular weight excluding hydrogens is 424 g/mol. The zero-order valence-corrected chi connectivity index (χ0v) is 17.1. The molecule has 0 aromatic carbocycles. The van der Waals surface area contributed by atoms with Crippen LogP contribution in [0.3, 0.4) is 0 Å². The Morgan fingerprint density at radius 1 is 1.52 bits per heavy atom. The maximum absolute atomic E-state index is 12.9. The van der Waals surface area contributed by atoms with Crippen LogP contribution in [0.25, 0.3) is 0 Å². The molecule has 29 heavy (non-hydrogen) atoms. The Labute approximate surface area is 173 Å². The monoisotopic (exact) mass is 442 g/mol. The number of esters is 1. The van der Waals surface area contributed by atoms with Gasteiger partial charge in [0.15, 0.2) is 5.16 Å². The molecule has 1 aromatic rings. The lowest BCUT2D eigenvalue weighted by Gasteiger charge is -2.55. The number of β-lactam (4-membered cyclic amide) rings is 1. The Morgan fingerprint density at radius 2 is 2.28 bits per heavy atom. The molecular formula is C16H18N4O7S2. The zero-order chi connectivity index (χ0) is 21.2. The first kappa shape index (κ1) is 21.2. The molecule has 11 nitrogen and oxygen atoms in total. The van der Waals surface area contributed by atoms with Crippen LogP contribution in [0, 0.1) is 0 Å². The molecule has 3 N–H and O–H groups in total. The summed E-state index contributed by atoms with van der Waals surface area (Å²) in [4.78, 5) is 55.9. The van der Waals surface area contributed by atoms with E-state index in [1.165, 1.54) is 25.8 Å². The van der Waals surface area contributed by atoms with Crippen molar-refractivity contribution in [1.29, 1.82) is 0 Å². The SMILES string of the molecule is CO[C@@]1(NC(=O)CSc2ncc[nH]2)C(=O)N2C(C(=O)O)=C(COC(C)=O)CS[C@@H]21. The van der Waals surface area contributed by atoms with E-state index >= 15 is 0 Å². The van der Waals surface area contributed by atoms with Crippen molar-refractivity contribution in [3.05, 3.63) is 23.7 Å². The average Bonchev–Trinajstić information content (AvgIpc) is 3.21. The summed E-state index contributed by atoms with van der Waals surface area (Å²) in [6.07, 6.45) is 3.17. The van der Waals surface area contributed by atoms with Gasteiger partial charge in [0.05, 0.1) is 5.75 Å². The molecule has 1 fully saturated rings. The quantitative estimate of drug-likeness (QED) is 0.213. The highest BCUT2D eigenvalue weighted by Gasteiger charge is 2.66. The number of methoxy groups -OCH3 is 1. The summed E-state index contributed by atoms with van der Waals surface area (Å²) >= 11 is 2.36. The lowest BCUT2D eigenvalue weighted by Crippen LogP contribution is -2.80. The number of H-pyrrole nitrogens is 1. The Balaban J connectivity index is 1.75. The number of nitrogens with zero attached hydrogens (tertiary/aromatic N) is 2. The topological polar surface area (TPSA) is 151 Å². The van der Waals surface area contributed by atoms with Crippen LogP contribution < -0.4 is 5.32 Å². The predicted molar refractivity (Wildman–Crippen MR) is 102 cm³/mol. The Hall–Kier alpha value is -2.51. The lowest BCUT2D eigenvalue weighted by molar-refractivity contribution is -0.192. The van der Waals surface area contributed by atoms with E-state index in [0.717, 1.165) is 16.7 Å². The van der Waals surface area contributed by atoms with Crippen molar-refractivity contribution >= 4 is 47.3 Å². The minimum atomic E-state index is -1.67. The number of hydrogen-bond donors (Lipinski definition) is 3. The van der Waals surface area contributed by atoms with Gasteiger partial charge in [0.2, 0.25) is 5.91 Å². The van der Waals surface area contributed by atoms with Crippen molar-refractivity contribution in [3.63, 3.8) is 0 Å². The smallest absolute Gasteiger partial charge is 0.352 e. The third kappa shape index (κ3) is 3.97. The predicted octanol–water partition coefficient (Wildman–Crippen LogP) is -0.222. The third-order valence-corrected chi connectivity index (χ3v) is 6.50. The van der Waals surface area contributed by atoms with E-state index in [2.05, 4.69) is 15.3 Å². The standard InChI is InChI=1S/C16H18N4O7S2/c1-8(21)27-5-9-6-28-14-16(26-2,13(25)20(14)11(9)12(23)24)19-10(22)7-29-15-17-3-4-18-15/h3-4,14H,5-7H2,1-2H3,(H,17,18)(H,19,22)(H,23,24)/t14-,16+/m1/s1. The van der Waals surface area contributed by atoms with Crippen molar-refractivity contribution in [2.24, 2.45) is 0 Å². The number of carbonyl (C=O) groups excluding carboxylic acids is 3. The molecule has 0 bridgehead atoms. The highest BCUT2D eigenvalue weighted by atomic mass is 32.2. The number of hydrogen-bond acceptors (Lipinski definition) is 9. The van der Waals surface area contributed by atoms with Gasteiger partial charge in [-0.1, -0.05) is 11.8 Å². The average molecular weight is 442 g/mol. The van der Waals surface area contributed by atoms with Gasteiger partial charge < -0.3 is 24.9 Å². The highest BCUT2D eigenvalue weighted by Crippen LogP contribution is 2.46. The lowest BCUT2D eigenvalue weighted by atomic mass is 9.98. The third-order valence-electron chi connectivity index (χ3n) is 4.22. The van der Waals surface area contributed by atoms with Gasteiger partial charge in [0.25, 0.3) is 11.6 Å². The summed E-state index contributed by atoms with van der Waals surface area (Å²) < 4.78 is 10.2. The zero-order valence-electron chi connectivity index (χ0n) is 15.5. The van der Waals surface area contributed by atoms with Crippen LogP contribution in [0.5, 0.6) is 0 Å². The fraction of sp³-hybridized carbons (Fsp3) is 0.438. The highest BCUT2D eigenvalue weighted by molar-refractivity contribution is 8.00. The summed E-state index contributed by atoms with van der Waals surface area (Å²) in [5.74, 6) is -2.86. The van der Waals surface area contributed by atoms with Crippen LogP contribution in [0.15, 0.2) is 28.8 Å². The molecule has 0 aliphatic carbocycles. The van der Waals surface area contributed by atoms with Crippen molar-refractivity contribution in [2.45, 2.75) is 23.2 Å². The maximum atomic E-state index is 12.9. The van der Waals surface area contributed by atoms with Gasteiger partial charge in [0, 0.05) is 37.8 Å². The normalized spacial score (nSPS) is 23.3. The first-order valence-electron chi connectivity index (χ1n) is 8.32. The number of aromatic nitrogens is 2. The molecule has 156 valence electrons. The summed E-state index contributed by atoms with van der Waals surface area (Å²) in [7, 11) is 1.27. The number of nitrogens with one attached hydrogen (secondary N) is 2. The minimum absolute atomic E-state index is 0.0113. The number of carboxylic acid groups (broad SMARTS) is 1. The van der Waals surface area contributed by atoms with Crippen LogP contribution >= 0.6 is 23.5 Å². The van der Waals surface area contributed by atoms with E-state index in [-0.39, 0.29) is 23.8 Å². The molecule has 0 radical (unpaired) electrons. The van der Waals surface area contributed by atoms with Gasteiger partial charge in [-0.15, -0.1) is 11.8 Å². The van der Waals surface area contributed by atoms with E-state index in [9.17, 15) is 24.3 Å². The largest absolute Gasteiger partial charge is 0.477 e. The molecule has 3 rings (SSSR count). The second-order valence-electron chi connectivity index (χ2n) is 6.05. The second-order valence-corrected chi connectivity index (χ2v) is 8.08. The van der Waals surface area contributed by atoms with Gasteiger partial charge in [0.1, 0.15) is 17.7 Å². The van der Waals surface area contributed by atoms with Crippen molar-refractivity contribution in [1.82, 2.24) is 20.2 Å². The van der Waals surface area contributed by atoms with Gasteiger partial charge in [-0.25, -0.2) is 9.78 Å². The number of imidazole rings is 1. The fourth-order valence-electron chi connectivity index (χ4n) is 2.95. The van der Waals surface area contributed by atoms with Crippen LogP contribution in [-0.2, 0) is 28.7 Å². The summed E-state index contributed by atoms with van der Waals surface area (Å²) in [6, 6.07) is 0. The maximum Gasteiger partial charge on any atom is 0.352 e. The molecule has 1 saturated heterocycles. The molecule has 13 heteroatoms. The first-order valence-corrected chi connectivity index (χ1v) is 10.4. The molecule has 0 spiro atoms. The van der Waals surface area contributed by atoms with E-state index in [1.54, 1.807) is 12.4 Å². The van der Waals surface area contributed by atoms with E-state index < -0.39 is 34.9 Å². The van der Waals surface area contributed by atoms with Crippen molar-refractivity contribution < 1.29 is 33.8 Å². The van der Waals surface area contributed by atoms with Gasteiger partial charge in [-0.3, -0.25) is 19.3 Å². The summed E-state index contributed by atoms with van der Waals surface area (Å²) in [5, 5.41) is 12.0. The first-order chi connectivity index (χ1) is 13.8. The number of ether oxygens (including phenoxy) is 2. The van der Waals surface area contributed by atoms with Gasteiger partial charge in [-0.05, 0) is 0 Å². The number of carbonyl (C=O) groups is 4. The number of rotatable bonds is 8. The van der Waals surface area contributed by atoms with Gasteiger partial charge >= 0.3 is 11.9 Å². The second kappa shape index (κ2) is 8.47. The summed E-state index contributed by atoms with van der Waals surface area (Å²) in [6.45, 7) is 0.980. The number of fused-ring (bicyclic) bond motifs is 1. The fourth-order valence-corrected chi connectivity index (χ4v) is 5.00. The van der Waals surface area contributed by atoms with Crippen LogP contribution in [-0.4, -0.2) is 80.0 Å². The van der Waals surface area contributed by atoms with Crippen molar-refractivity contribution in [2.75, 3.05) is 25.2 Å². The number of thioether (sulfide) groups is 2. The van der Waals surface area contributed by atoms with Crippen LogP contribution in [0.2, 0.25) is 0 Å². The Morgan fingerprint density at radius 3 is 2.86 bits per heavy atom. The van der Waals surface area contributed by atoms with E-state index in [1.807, 2.05) is 0 Å². The Kier molecular flexibility index (Phi) is 6.19. The van der Waals surface area contributed by atoms with E-state index in [0.29, 0.717) is 10.7 Å². The molecule has 0 saturated carbocycles. The number of aromatic amines is 1. The number of amides is 2. The molecule has 2 atom stereocenters. The van der Waals surface area contributed by atoms with Crippen LogP contribution in [0.4, 0.5) is 0 Å². The van der Waals surface area contributed by atoms with Gasteiger partial charge in [-0.2, -0.15) is 0 Å². The molecule has 1 aromatic heterocycles. The molecule has 2 aliphatic heterocycles. The number of aliphatic carboxylic acids is 1. The molecule has 0 unspecified atom stereocenters. The van der Waals surface area contributed by atoms with Crippen LogP contribution in [0.1, 0.15) is 6.92 Å². The molecule has 2 amide bonds. The van der Waals surface area contributed by atoms with E-state index in [4.69, 9.17) is 9.47 Å². The molecule has 2 aliphatic rings.